The minimum Gasteiger partial charge on any atom is -0.486 e. The molecule has 136 valence electrons. The zero-order chi connectivity index (χ0) is 17.8. The Morgan fingerprint density at radius 1 is 1.00 bits per heavy atom. The summed E-state index contributed by atoms with van der Waals surface area (Å²) in [7, 11) is 0. The maximum absolute atomic E-state index is 12.6. The molecular weight excluding hydrogens is 328 g/mol. The molecule has 0 aliphatic carbocycles. The number of hydrogen-bond donors (Lipinski definition) is 1. The molecule has 26 heavy (non-hydrogen) atoms. The third-order valence-electron chi connectivity index (χ3n) is 4.98. The lowest BCUT2D eigenvalue weighted by Crippen LogP contribution is -2.44. The number of ether oxygens (including phenoxy) is 2. The highest BCUT2D eigenvalue weighted by Gasteiger charge is 2.22. The molecule has 2 aliphatic rings. The molecule has 2 aliphatic heterocycles. The molecule has 0 aromatic heterocycles. The summed E-state index contributed by atoms with van der Waals surface area (Å²) >= 11 is 0. The van der Waals surface area contributed by atoms with E-state index >= 15 is 0 Å². The van der Waals surface area contributed by atoms with Gasteiger partial charge in [0.2, 0.25) is 0 Å². The highest BCUT2D eigenvalue weighted by molar-refractivity contribution is 5.95. The molecule has 4 rings (SSSR count). The average Bonchev–Trinajstić information content (AvgIpc) is 2.70. The molecule has 2 aromatic rings. The van der Waals surface area contributed by atoms with Crippen molar-refractivity contribution < 1.29 is 14.3 Å². The first kappa shape index (κ1) is 16.9. The van der Waals surface area contributed by atoms with E-state index in [1.165, 1.54) is 5.56 Å². The van der Waals surface area contributed by atoms with Gasteiger partial charge in [-0.25, -0.2) is 0 Å². The number of carbonyl (C=O) groups is 1. The Kier molecular flexibility index (Phi) is 5.07. The number of piperidine rings is 1. The number of likely N-dealkylation sites (tertiary alicyclic amines) is 1. The van der Waals surface area contributed by atoms with Crippen LogP contribution in [-0.4, -0.2) is 43.2 Å². The zero-order valence-electron chi connectivity index (χ0n) is 14.8. The third kappa shape index (κ3) is 3.99. The van der Waals surface area contributed by atoms with Crippen molar-refractivity contribution in [3.63, 3.8) is 0 Å². The van der Waals surface area contributed by atoms with Gasteiger partial charge in [0.1, 0.15) is 13.2 Å². The fourth-order valence-electron chi connectivity index (χ4n) is 3.53. The Morgan fingerprint density at radius 2 is 1.73 bits per heavy atom. The molecule has 0 atom stereocenters. The smallest absolute Gasteiger partial charge is 0.251 e. The standard InChI is InChI=1S/C21H24N2O3/c24-21(17-6-7-19-20(14-17)26-13-12-25-19)22-18-8-10-23(11-9-18)15-16-4-2-1-3-5-16/h1-7,14,18H,8-13,15H2,(H,22,24). The van der Waals surface area contributed by atoms with Crippen LogP contribution in [0.3, 0.4) is 0 Å². The number of carbonyl (C=O) groups excluding carboxylic acids is 1. The lowest BCUT2D eigenvalue weighted by atomic mass is 10.0. The summed E-state index contributed by atoms with van der Waals surface area (Å²) in [5.74, 6) is 1.33. The first-order valence-corrected chi connectivity index (χ1v) is 9.25. The summed E-state index contributed by atoms with van der Waals surface area (Å²) in [5, 5.41) is 3.16. The molecule has 0 saturated carbocycles. The molecule has 5 nitrogen and oxygen atoms in total. The molecule has 0 spiro atoms. The largest absolute Gasteiger partial charge is 0.486 e. The SMILES string of the molecule is O=C(NC1CCN(Cc2ccccc2)CC1)c1ccc2c(c1)OCCO2. The van der Waals surface area contributed by atoms with Crippen LogP contribution in [0.4, 0.5) is 0 Å². The Morgan fingerprint density at radius 3 is 2.50 bits per heavy atom. The van der Waals surface area contributed by atoms with Crippen LogP contribution in [0.1, 0.15) is 28.8 Å². The van der Waals surface area contributed by atoms with Gasteiger partial charge in [0.05, 0.1) is 0 Å². The average molecular weight is 352 g/mol. The molecule has 0 bridgehead atoms. The van der Waals surface area contributed by atoms with Gasteiger partial charge in [0.15, 0.2) is 11.5 Å². The van der Waals surface area contributed by atoms with Crippen molar-refractivity contribution in [1.82, 2.24) is 10.2 Å². The van der Waals surface area contributed by atoms with Gasteiger partial charge in [-0.1, -0.05) is 30.3 Å². The van der Waals surface area contributed by atoms with E-state index in [1.807, 2.05) is 12.1 Å². The van der Waals surface area contributed by atoms with Crippen molar-refractivity contribution in [2.24, 2.45) is 0 Å². The number of hydrogen-bond acceptors (Lipinski definition) is 4. The van der Waals surface area contributed by atoms with Gasteiger partial charge in [-0.2, -0.15) is 0 Å². The van der Waals surface area contributed by atoms with Gasteiger partial charge >= 0.3 is 0 Å². The number of benzene rings is 2. The van der Waals surface area contributed by atoms with E-state index in [9.17, 15) is 4.79 Å². The van der Waals surface area contributed by atoms with Crippen molar-refractivity contribution in [2.75, 3.05) is 26.3 Å². The van der Waals surface area contributed by atoms with E-state index in [0.717, 1.165) is 32.5 Å². The number of amides is 1. The van der Waals surface area contributed by atoms with Crippen LogP contribution in [0, 0.1) is 0 Å². The van der Waals surface area contributed by atoms with Gasteiger partial charge in [0.25, 0.3) is 5.91 Å². The third-order valence-corrected chi connectivity index (χ3v) is 4.98. The molecule has 2 aromatic carbocycles. The van der Waals surface area contributed by atoms with Crippen LogP contribution in [-0.2, 0) is 6.54 Å². The van der Waals surface area contributed by atoms with Crippen molar-refractivity contribution in [2.45, 2.75) is 25.4 Å². The number of nitrogens with one attached hydrogen (secondary N) is 1. The summed E-state index contributed by atoms with van der Waals surface area (Å²) in [6.45, 7) is 4.06. The predicted molar refractivity (Wildman–Crippen MR) is 99.6 cm³/mol. The van der Waals surface area contributed by atoms with Crippen LogP contribution in [0.2, 0.25) is 0 Å². The number of nitrogens with zero attached hydrogens (tertiary/aromatic N) is 1. The van der Waals surface area contributed by atoms with E-state index in [0.29, 0.717) is 30.3 Å². The monoisotopic (exact) mass is 352 g/mol. The highest BCUT2D eigenvalue weighted by atomic mass is 16.6. The normalized spacial score (nSPS) is 17.7. The summed E-state index contributed by atoms with van der Waals surface area (Å²) in [5.41, 5.74) is 1.97. The van der Waals surface area contributed by atoms with E-state index in [1.54, 1.807) is 12.1 Å². The van der Waals surface area contributed by atoms with Crippen LogP contribution >= 0.6 is 0 Å². The highest BCUT2D eigenvalue weighted by Crippen LogP contribution is 2.30. The van der Waals surface area contributed by atoms with Crippen molar-refractivity contribution >= 4 is 5.91 Å². The van der Waals surface area contributed by atoms with Crippen molar-refractivity contribution in [1.29, 1.82) is 0 Å². The summed E-state index contributed by atoms with van der Waals surface area (Å²) in [6.07, 6.45) is 1.95. The summed E-state index contributed by atoms with van der Waals surface area (Å²) < 4.78 is 11.1. The maximum Gasteiger partial charge on any atom is 0.251 e. The lowest BCUT2D eigenvalue weighted by molar-refractivity contribution is 0.0907. The van der Waals surface area contributed by atoms with Crippen molar-refractivity contribution in [3.8, 4) is 11.5 Å². The first-order chi connectivity index (χ1) is 12.8. The molecule has 1 amide bonds. The van der Waals surface area contributed by atoms with Gasteiger partial charge in [-0.05, 0) is 36.6 Å². The molecule has 1 saturated heterocycles. The quantitative estimate of drug-likeness (QED) is 0.919. The summed E-state index contributed by atoms with van der Waals surface area (Å²) in [4.78, 5) is 15.0. The van der Waals surface area contributed by atoms with Gasteiger partial charge in [-0.15, -0.1) is 0 Å². The lowest BCUT2D eigenvalue weighted by Gasteiger charge is -2.32. The number of fused-ring (bicyclic) bond motifs is 1. The van der Waals surface area contributed by atoms with Gasteiger partial charge in [0, 0.05) is 31.2 Å². The zero-order valence-corrected chi connectivity index (χ0v) is 14.8. The maximum atomic E-state index is 12.6. The van der Waals surface area contributed by atoms with E-state index < -0.39 is 0 Å². The van der Waals surface area contributed by atoms with E-state index in [2.05, 4.69) is 34.5 Å². The Labute approximate surface area is 153 Å². The number of rotatable bonds is 4. The van der Waals surface area contributed by atoms with E-state index in [4.69, 9.17) is 9.47 Å². The molecule has 0 unspecified atom stereocenters. The molecular formula is C21H24N2O3. The van der Waals surface area contributed by atoms with Crippen LogP contribution in [0.5, 0.6) is 11.5 Å². The first-order valence-electron chi connectivity index (χ1n) is 9.25. The van der Waals surface area contributed by atoms with Crippen LogP contribution < -0.4 is 14.8 Å². The van der Waals surface area contributed by atoms with Gasteiger partial charge in [-0.3, -0.25) is 9.69 Å². The summed E-state index contributed by atoms with van der Waals surface area (Å²) in [6, 6.07) is 16.1. The molecule has 5 heteroatoms. The fourth-order valence-corrected chi connectivity index (χ4v) is 3.53. The molecule has 2 heterocycles. The second-order valence-corrected chi connectivity index (χ2v) is 6.87. The Hall–Kier alpha value is -2.53. The Bertz CT molecular complexity index is 755. The van der Waals surface area contributed by atoms with Crippen LogP contribution in [0.15, 0.2) is 48.5 Å². The molecule has 1 N–H and O–H groups in total. The van der Waals surface area contributed by atoms with E-state index in [-0.39, 0.29) is 11.9 Å². The minimum atomic E-state index is -0.0384. The van der Waals surface area contributed by atoms with Crippen LogP contribution in [0.25, 0.3) is 0 Å². The topological polar surface area (TPSA) is 50.8 Å². The van der Waals surface area contributed by atoms with Gasteiger partial charge < -0.3 is 14.8 Å². The molecule has 0 radical (unpaired) electrons. The Balaban J connectivity index is 1.29. The van der Waals surface area contributed by atoms with Crippen molar-refractivity contribution in [3.05, 3.63) is 59.7 Å². The second kappa shape index (κ2) is 7.79. The molecule has 1 fully saturated rings. The fraction of sp³-hybridized carbons (Fsp3) is 0.381. The minimum absolute atomic E-state index is 0.0384. The second-order valence-electron chi connectivity index (χ2n) is 6.87. The predicted octanol–water partition coefficient (Wildman–Crippen LogP) is 2.85.